The largest absolute Gasteiger partial charge is 0.341 e. The zero-order valence-electron chi connectivity index (χ0n) is 13.0. The van der Waals surface area contributed by atoms with Crippen molar-refractivity contribution in [2.24, 2.45) is 0 Å². The van der Waals surface area contributed by atoms with Crippen molar-refractivity contribution in [3.8, 4) is 0 Å². The van der Waals surface area contributed by atoms with Gasteiger partial charge in [-0.2, -0.15) is 0 Å². The van der Waals surface area contributed by atoms with Gasteiger partial charge in [0, 0.05) is 29.4 Å². The van der Waals surface area contributed by atoms with Crippen molar-refractivity contribution in [3.63, 3.8) is 0 Å². The fourth-order valence-electron chi connectivity index (χ4n) is 1.98. The molecule has 0 radical (unpaired) electrons. The number of carbonyl (C=O) groups excluding carboxylic acids is 2. The lowest BCUT2D eigenvalue weighted by Gasteiger charge is -2.14. The van der Waals surface area contributed by atoms with Gasteiger partial charge in [-0.25, -0.2) is 8.78 Å². The Bertz CT molecular complexity index is 822. The minimum absolute atomic E-state index is 0.00523. The quantitative estimate of drug-likeness (QED) is 0.640. The van der Waals surface area contributed by atoms with Gasteiger partial charge in [0.25, 0.3) is 11.6 Å². The molecule has 0 aliphatic rings. The standard InChI is InChI=1S/C16H13F2N3O4/c1-9(15(22)20-13-7-11(17)6-12(18)8-13)19-16(23)10-3-2-4-14(5-10)21(24)25/h2-9H,1H3,(H,19,23)(H,20,22). The molecule has 2 N–H and O–H groups in total. The first-order valence-corrected chi connectivity index (χ1v) is 7.08. The van der Waals surface area contributed by atoms with E-state index in [1.807, 2.05) is 0 Å². The molecule has 0 saturated carbocycles. The van der Waals surface area contributed by atoms with Crippen LogP contribution in [0.1, 0.15) is 17.3 Å². The topological polar surface area (TPSA) is 101 Å². The van der Waals surface area contributed by atoms with Crippen molar-refractivity contribution >= 4 is 23.2 Å². The maximum Gasteiger partial charge on any atom is 0.270 e. The lowest BCUT2D eigenvalue weighted by molar-refractivity contribution is -0.384. The number of halogens is 2. The monoisotopic (exact) mass is 349 g/mol. The van der Waals surface area contributed by atoms with Crippen LogP contribution < -0.4 is 10.6 Å². The number of nitro benzene ring substituents is 1. The average Bonchev–Trinajstić information content (AvgIpc) is 2.53. The number of benzene rings is 2. The third-order valence-corrected chi connectivity index (χ3v) is 3.19. The number of rotatable bonds is 5. The van der Waals surface area contributed by atoms with E-state index in [2.05, 4.69) is 10.6 Å². The van der Waals surface area contributed by atoms with E-state index in [1.165, 1.54) is 25.1 Å². The van der Waals surface area contributed by atoms with Crippen molar-refractivity contribution < 1.29 is 23.3 Å². The molecule has 0 aliphatic carbocycles. The molecule has 0 fully saturated rings. The molecule has 2 amide bonds. The van der Waals surface area contributed by atoms with E-state index in [9.17, 15) is 28.5 Å². The van der Waals surface area contributed by atoms with Crippen molar-refractivity contribution in [3.05, 3.63) is 69.8 Å². The zero-order valence-corrected chi connectivity index (χ0v) is 13.0. The minimum atomic E-state index is -1.04. The van der Waals surface area contributed by atoms with E-state index < -0.39 is 34.4 Å². The van der Waals surface area contributed by atoms with Crippen LogP contribution in [0, 0.1) is 21.7 Å². The van der Waals surface area contributed by atoms with Crippen LogP contribution in [0.25, 0.3) is 0 Å². The molecule has 0 aliphatic heterocycles. The van der Waals surface area contributed by atoms with Crippen molar-refractivity contribution in [1.82, 2.24) is 5.32 Å². The van der Waals surface area contributed by atoms with Crippen LogP contribution in [-0.4, -0.2) is 22.8 Å². The number of hydrogen-bond donors (Lipinski definition) is 2. The zero-order chi connectivity index (χ0) is 18.6. The van der Waals surface area contributed by atoms with Crippen molar-refractivity contribution in [2.45, 2.75) is 13.0 Å². The summed E-state index contributed by atoms with van der Waals surface area (Å²) >= 11 is 0. The summed E-state index contributed by atoms with van der Waals surface area (Å²) in [5, 5.41) is 15.3. The molecule has 9 heteroatoms. The highest BCUT2D eigenvalue weighted by atomic mass is 19.1. The second kappa shape index (κ2) is 7.47. The number of nitrogens with one attached hydrogen (secondary N) is 2. The highest BCUT2D eigenvalue weighted by Gasteiger charge is 2.18. The minimum Gasteiger partial charge on any atom is -0.341 e. The molecule has 7 nitrogen and oxygen atoms in total. The predicted octanol–water partition coefficient (Wildman–Crippen LogP) is 2.63. The SMILES string of the molecule is CC(NC(=O)c1cccc([N+](=O)[O-])c1)C(=O)Nc1cc(F)cc(F)c1. The number of carbonyl (C=O) groups is 2. The molecule has 0 heterocycles. The lowest BCUT2D eigenvalue weighted by Crippen LogP contribution is -2.41. The Kier molecular flexibility index (Phi) is 5.38. The molecule has 0 spiro atoms. The van der Waals surface area contributed by atoms with Crippen LogP contribution in [0.4, 0.5) is 20.2 Å². The fraction of sp³-hybridized carbons (Fsp3) is 0.125. The van der Waals surface area contributed by atoms with Gasteiger partial charge in [0.1, 0.15) is 17.7 Å². The summed E-state index contributed by atoms with van der Waals surface area (Å²) in [6, 6.07) is 6.46. The summed E-state index contributed by atoms with van der Waals surface area (Å²) < 4.78 is 26.2. The van der Waals surface area contributed by atoms with Gasteiger partial charge in [-0.15, -0.1) is 0 Å². The van der Waals surface area contributed by atoms with Crippen LogP contribution in [0.3, 0.4) is 0 Å². The third kappa shape index (κ3) is 4.80. The molecule has 130 valence electrons. The van der Waals surface area contributed by atoms with E-state index in [-0.39, 0.29) is 16.9 Å². The van der Waals surface area contributed by atoms with Gasteiger partial charge < -0.3 is 10.6 Å². The van der Waals surface area contributed by atoms with Crippen LogP contribution in [0.5, 0.6) is 0 Å². The molecule has 2 rings (SSSR count). The number of non-ortho nitro benzene ring substituents is 1. The number of nitrogens with zero attached hydrogens (tertiary/aromatic N) is 1. The lowest BCUT2D eigenvalue weighted by atomic mass is 10.1. The molecular weight excluding hydrogens is 336 g/mol. The normalized spacial score (nSPS) is 11.5. The predicted molar refractivity (Wildman–Crippen MR) is 85.0 cm³/mol. The van der Waals surface area contributed by atoms with E-state index in [4.69, 9.17) is 0 Å². The Labute approximate surface area is 140 Å². The van der Waals surface area contributed by atoms with Gasteiger partial charge in [-0.05, 0) is 25.1 Å². The maximum atomic E-state index is 13.1. The van der Waals surface area contributed by atoms with Gasteiger partial charge >= 0.3 is 0 Å². The van der Waals surface area contributed by atoms with E-state index in [1.54, 1.807) is 0 Å². The van der Waals surface area contributed by atoms with Gasteiger partial charge in [0.05, 0.1) is 4.92 Å². The molecule has 1 unspecified atom stereocenters. The summed E-state index contributed by atoms with van der Waals surface area (Å²) in [4.78, 5) is 34.1. The second-order valence-corrected chi connectivity index (χ2v) is 5.15. The molecule has 0 aromatic heterocycles. The average molecular weight is 349 g/mol. The summed E-state index contributed by atoms with van der Waals surface area (Å²) in [5.41, 5.74) is -0.357. The first-order valence-electron chi connectivity index (χ1n) is 7.08. The molecule has 0 bridgehead atoms. The second-order valence-electron chi connectivity index (χ2n) is 5.15. The Hall–Kier alpha value is -3.36. The Morgan fingerprint density at radius 3 is 2.36 bits per heavy atom. The summed E-state index contributed by atoms with van der Waals surface area (Å²) in [6.07, 6.45) is 0. The first-order chi connectivity index (χ1) is 11.8. The maximum absolute atomic E-state index is 13.1. The summed E-state index contributed by atoms with van der Waals surface area (Å²) in [7, 11) is 0. The van der Waals surface area contributed by atoms with Crippen LogP contribution in [-0.2, 0) is 4.79 Å². The Balaban J connectivity index is 2.04. The highest BCUT2D eigenvalue weighted by Crippen LogP contribution is 2.14. The fourth-order valence-corrected chi connectivity index (χ4v) is 1.98. The van der Waals surface area contributed by atoms with Gasteiger partial charge in [0.15, 0.2) is 0 Å². The number of anilines is 1. The Morgan fingerprint density at radius 1 is 1.12 bits per heavy atom. The van der Waals surface area contributed by atoms with E-state index >= 15 is 0 Å². The highest BCUT2D eigenvalue weighted by molar-refractivity contribution is 6.01. The number of hydrogen-bond acceptors (Lipinski definition) is 4. The molecule has 2 aromatic rings. The summed E-state index contributed by atoms with van der Waals surface area (Å²) in [5.74, 6) is -3.12. The molecule has 1 atom stereocenters. The van der Waals surface area contributed by atoms with Gasteiger partial charge in [-0.3, -0.25) is 19.7 Å². The molecular formula is C16H13F2N3O4. The number of amides is 2. The van der Waals surface area contributed by atoms with E-state index in [0.717, 1.165) is 18.2 Å². The number of nitro groups is 1. The van der Waals surface area contributed by atoms with Crippen molar-refractivity contribution in [1.29, 1.82) is 0 Å². The van der Waals surface area contributed by atoms with E-state index in [0.29, 0.717) is 6.07 Å². The van der Waals surface area contributed by atoms with Crippen LogP contribution in [0.15, 0.2) is 42.5 Å². The molecule has 2 aromatic carbocycles. The van der Waals surface area contributed by atoms with Crippen LogP contribution in [0.2, 0.25) is 0 Å². The third-order valence-electron chi connectivity index (χ3n) is 3.19. The van der Waals surface area contributed by atoms with Gasteiger partial charge in [-0.1, -0.05) is 6.07 Å². The smallest absolute Gasteiger partial charge is 0.270 e. The van der Waals surface area contributed by atoms with Gasteiger partial charge in [0.2, 0.25) is 5.91 Å². The molecule has 0 saturated heterocycles. The summed E-state index contributed by atoms with van der Waals surface area (Å²) in [6.45, 7) is 1.36. The van der Waals surface area contributed by atoms with Crippen molar-refractivity contribution in [2.75, 3.05) is 5.32 Å². The Morgan fingerprint density at radius 2 is 1.76 bits per heavy atom. The molecule has 25 heavy (non-hydrogen) atoms. The first kappa shape index (κ1) is 18.0. The van der Waals surface area contributed by atoms with Crippen LogP contribution >= 0.6 is 0 Å².